The van der Waals surface area contributed by atoms with Crippen molar-refractivity contribution >= 4 is 5.91 Å². The predicted octanol–water partition coefficient (Wildman–Crippen LogP) is 3.47. The normalized spacial score (nSPS) is 15.6. The van der Waals surface area contributed by atoms with Gasteiger partial charge in [-0.25, -0.2) is 0 Å². The van der Waals surface area contributed by atoms with Crippen molar-refractivity contribution in [2.75, 3.05) is 13.7 Å². The van der Waals surface area contributed by atoms with Crippen molar-refractivity contribution in [1.29, 1.82) is 0 Å². The summed E-state index contributed by atoms with van der Waals surface area (Å²) in [5.41, 5.74) is 1.46. The number of methoxy groups -OCH3 is 1. The topological polar surface area (TPSA) is 47.6 Å². The first kappa shape index (κ1) is 16.4. The largest absolute Gasteiger partial charge is 0.493 e. The lowest BCUT2D eigenvalue weighted by Crippen LogP contribution is -2.37. The van der Waals surface area contributed by atoms with Gasteiger partial charge < -0.3 is 14.8 Å². The van der Waals surface area contributed by atoms with Gasteiger partial charge in [0.05, 0.1) is 7.11 Å². The number of benzene rings is 1. The van der Waals surface area contributed by atoms with E-state index in [1.165, 1.54) is 31.3 Å². The summed E-state index contributed by atoms with van der Waals surface area (Å²) in [4.78, 5) is 12.1. The van der Waals surface area contributed by atoms with Crippen LogP contribution in [0.2, 0.25) is 0 Å². The Hall–Kier alpha value is -1.97. The monoisotopic (exact) mass is 303 g/mol. The molecule has 0 bridgehead atoms. The van der Waals surface area contributed by atoms with Gasteiger partial charge in [0.15, 0.2) is 17.6 Å². The molecule has 0 saturated heterocycles. The summed E-state index contributed by atoms with van der Waals surface area (Å²) in [5, 5.41) is 2.94. The maximum atomic E-state index is 12.1. The van der Waals surface area contributed by atoms with Crippen molar-refractivity contribution in [3.8, 4) is 11.5 Å². The van der Waals surface area contributed by atoms with Gasteiger partial charge in [0.2, 0.25) is 0 Å². The molecule has 120 valence electrons. The summed E-state index contributed by atoms with van der Waals surface area (Å²) in [5.74, 6) is 1.12. The van der Waals surface area contributed by atoms with Crippen LogP contribution >= 0.6 is 0 Å². The first-order chi connectivity index (χ1) is 10.7. The number of hydrogen-bond acceptors (Lipinski definition) is 3. The van der Waals surface area contributed by atoms with Gasteiger partial charge in [0.25, 0.3) is 5.91 Å². The van der Waals surface area contributed by atoms with Crippen LogP contribution in [0.25, 0.3) is 0 Å². The second-order valence-electron chi connectivity index (χ2n) is 5.56. The Morgan fingerprint density at radius 2 is 2.05 bits per heavy atom. The molecule has 1 aromatic rings. The van der Waals surface area contributed by atoms with Gasteiger partial charge in [-0.1, -0.05) is 23.8 Å². The molecule has 4 nitrogen and oxygen atoms in total. The van der Waals surface area contributed by atoms with Crippen LogP contribution in [0.5, 0.6) is 11.5 Å². The van der Waals surface area contributed by atoms with Crippen LogP contribution in [0.3, 0.4) is 0 Å². The van der Waals surface area contributed by atoms with Gasteiger partial charge in [0.1, 0.15) is 0 Å². The molecule has 0 saturated carbocycles. The molecule has 2 rings (SSSR count). The zero-order valence-corrected chi connectivity index (χ0v) is 13.4. The standard InChI is InChI=1S/C18H25NO3/c1-14(22-17-11-7-6-10-16(17)21-2)18(20)19-13-12-15-8-4-3-5-9-15/h6-8,10-11,14H,3-5,9,12-13H2,1-2H3,(H,19,20)/t14-/m0/s1. The lowest BCUT2D eigenvalue weighted by Gasteiger charge is -2.17. The molecule has 0 fully saturated rings. The molecule has 4 heteroatoms. The number of carbonyl (C=O) groups is 1. The minimum absolute atomic E-state index is 0.0951. The molecule has 1 aromatic carbocycles. The van der Waals surface area contributed by atoms with Crippen LogP contribution in [0.4, 0.5) is 0 Å². The van der Waals surface area contributed by atoms with Gasteiger partial charge in [-0.3, -0.25) is 4.79 Å². The number of ether oxygens (including phenoxy) is 2. The van der Waals surface area contributed by atoms with Crippen LogP contribution in [-0.2, 0) is 4.79 Å². The summed E-state index contributed by atoms with van der Waals surface area (Å²) in [7, 11) is 1.59. The van der Waals surface area contributed by atoms with Gasteiger partial charge in [-0.15, -0.1) is 0 Å². The van der Waals surface area contributed by atoms with Crippen molar-refractivity contribution in [2.45, 2.75) is 45.1 Å². The molecular formula is C18H25NO3. The molecule has 0 spiro atoms. The van der Waals surface area contributed by atoms with Gasteiger partial charge in [-0.2, -0.15) is 0 Å². The first-order valence-electron chi connectivity index (χ1n) is 7.96. The Morgan fingerprint density at radius 1 is 1.27 bits per heavy atom. The number of amides is 1. The lowest BCUT2D eigenvalue weighted by molar-refractivity contribution is -0.127. The molecule has 1 aliphatic carbocycles. The molecule has 0 aromatic heterocycles. The third kappa shape index (κ3) is 4.79. The van der Waals surface area contributed by atoms with Crippen LogP contribution in [0, 0.1) is 0 Å². The van der Waals surface area contributed by atoms with E-state index in [-0.39, 0.29) is 5.91 Å². The maximum absolute atomic E-state index is 12.1. The molecular weight excluding hydrogens is 278 g/mol. The number of para-hydroxylation sites is 2. The number of hydrogen-bond donors (Lipinski definition) is 1. The van der Waals surface area contributed by atoms with E-state index in [0.717, 1.165) is 6.42 Å². The van der Waals surface area contributed by atoms with E-state index in [2.05, 4.69) is 11.4 Å². The van der Waals surface area contributed by atoms with E-state index in [1.54, 1.807) is 20.1 Å². The quantitative estimate of drug-likeness (QED) is 0.785. The summed E-state index contributed by atoms with van der Waals surface area (Å²) in [6.45, 7) is 2.42. The summed E-state index contributed by atoms with van der Waals surface area (Å²) in [6.07, 6.45) is 7.61. The number of allylic oxidation sites excluding steroid dienone is 1. The van der Waals surface area contributed by atoms with E-state index in [1.807, 2.05) is 18.2 Å². The second-order valence-corrected chi connectivity index (χ2v) is 5.56. The van der Waals surface area contributed by atoms with E-state index in [0.29, 0.717) is 18.0 Å². The maximum Gasteiger partial charge on any atom is 0.260 e. The van der Waals surface area contributed by atoms with Gasteiger partial charge in [-0.05, 0) is 51.2 Å². The average molecular weight is 303 g/mol. The highest BCUT2D eigenvalue weighted by molar-refractivity contribution is 5.80. The molecule has 22 heavy (non-hydrogen) atoms. The molecule has 0 aliphatic heterocycles. The fraction of sp³-hybridized carbons (Fsp3) is 0.500. The second kappa shape index (κ2) is 8.47. The zero-order chi connectivity index (χ0) is 15.8. The van der Waals surface area contributed by atoms with E-state index < -0.39 is 6.10 Å². The Bertz CT molecular complexity index is 525. The van der Waals surface area contributed by atoms with Crippen LogP contribution < -0.4 is 14.8 Å². The van der Waals surface area contributed by atoms with Crippen LogP contribution in [0.15, 0.2) is 35.9 Å². The molecule has 1 amide bonds. The molecule has 0 heterocycles. The Labute approximate surface area is 132 Å². The molecule has 1 aliphatic rings. The van der Waals surface area contributed by atoms with E-state index in [4.69, 9.17) is 9.47 Å². The summed E-state index contributed by atoms with van der Waals surface area (Å²) < 4.78 is 10.9. The highest BCUT2D eigenvalue weighted by Gasteiger charge is 2.16. The lowest BCUT2D eigenvalue weighted by atomic mass is 9.97. The third-order valence-electron chi connectivity index (χ3n) is 3.87. The van der Waals surface area contributed by atoms with Crippen molar-refractivity contribution in [3.63, 3.8) is 0 Å². The number of carbonyl (C=O) groups excluding carboxylic acids is 1. The smallest absolute Gasteiger partial charge is 0.260 e. The Morgan fingerprint density at radius 3 is 2.73 bits per heavy atom. The summed E-state index contributed by atoms with van der Waals surface area (Å²) >= 11 is 0. The van der Waals surface area contributed by atoms with Crippen LogP contribution in [0.1, 0.15) is 39.0 Å². The fourth-order valence-electron chi connectivity index (χ4n) is 2.58. The SMILES string of the molecule is COc1ccccc1O[C@@H](C)C(=O)NCCC1=CCCCC1. The fourth-order valence-corrected chi connectivity index (χ4v) is 2.58. The first-order valence-corrected chi connectivity index (χ1v) is 7.96. The Balaban J connectivity index is 1.78. The highest BCUT2D eigenvalue weighted by Crippen LogP contribution is 2.26. The molecule has 1 atom stereocenters. The van der Waals surface area contributed by atoms with Gasteiger partial charge in [0, 0.05) is 6.54 Å². The minimum atomic E-state index is -0.545. The van der Waals surface area contributed by atoms with Crippen molar-refractivity contribution in [1.82, 2.24) is 5.32 Å². The third-order valence-corrected chi connectivity index (χ3v) is 3.87. The zero-order valence-electron chi connectivity index (χ0n) is 13.4. The van der Waals surface area contributed by atoms with E-state index in [9.17, 15) is 4.79 Å². The Kier molecular flexibility index (Phi) is 6.31. The average Bonchev–Trinajstić information content (AvgIpc) is 2.56. The van der Waals surface area contributed by atoms with Gasteiger partial charge >= 0.3 is 0 Å². The summed E-state index contributed by atoms with van der Waals surface area (Å²) in [6, 6.07) is 7.34. The highest BCUT2D eigenvalue weighted by atomic mass is 16.5. The van der Waals surface area contributed by atoms with Crippen molar-refractivity contribution < 1.29 is 14.3 Å². The van der Waals surface area contributed by atoms with Crippen molar-refractivity contribution in [3.05, 3.63) is 35.9 Å². The predicted molar refractivity (Wildman–Crippen MR) is 87.3 cm³/mol. The molecule has 1 N–H and O–H groups in total. The molecule has 0 unspecified atom stereocenters. The number of nitrogens with one attached hydrogen (secondary N) is 1. The number of rotatable bonds is 7. The minimum Gasteiger partial charge on any atom is -0.493 e. The molecule has 0 radical (unpaired) electrons. The van der Waals surface area contributed by atoms with Crippen molar-refractivity contribution in [2.24, 2.45) is 0 Å². The van der Waals surface area contributed by atoms with Crippen LogP contribution in [-0.4, -0.2) is 25.7 Å². The van der Waals surface area contributed by atoms with E-state index >= 15 is 0 Å².